The number of carbonyl (C=O) groups is 2. The van der Waals surface area contributed by atoms with Crippen LogP contribution in [0.4, 0.5) is 0 Å². The van der Waals surface area contributed by atoms with E-state index in [1.807, 2.05) is 60.7 Å². The number of aromatic nitrogens is 1. The van der Waals surface area contributed by atoms with Crippen LogP contribution < -0.4 is 5.32 Å². The van der Waals surface area contributed by atoms with Gasteiger partial charge in [-0.05, 0) is 41.2 Å². The zero-order valence-electron chi connectivity index (χ0n) is 17.5. The molecule has 0 saturated heterocycles. The molecule has 158 valence electrons. The summed E-state index contributed by atoms with van der Waals surface area (Å²) in [6.45, 7) is 0.898. The van der Waals surface area contributed by atoms with Crippen LogP contribution in [-0.2, 0) is 22.6 Å². The number of rotatable bonds is 3. The highest BCUT2D eigenvalue weighted by molar-refractivity contribution is 6.51. The van der Waals surface area contributed by atoms with Crippen LogP contribution in [0.1, 0.15) is 23.2 Å². The normalized spacial score (nSPS) is 18.5. The number of imide groups is 1. The number of amides is 2. The predicted octanol–water partition coefficient (Wildman–Crippen LogP) is 3.92. The van der Waals surface area contributed by atoms with Gasteiger partial charge in [0.1, 0.15) is 0 Å². The molecule has 0 saturated carbocycles. The first-order chi connectivity index (χ1) is 15.7. The second-order valence-corrected chi connectivity index (χ2v) is 8.59. The zero-order valence-corrected chi connectivity index (χ0v) is 17.5. The third-order valence-corrected chi connectivity index (χ3v) is 6.82. The van der Waals surface area contributed by atoms with E-state index in [4.69, 9.17) is 0 Å². The Bertz CT molecular complexity index is 1460. The lowest BCUT2D eigenvalue weighted by molar-refractivity contribution is -0.122. The predicted molar refractivity (Wildman–Crippen MR) is 125 cm³/mol. The van der Waals surface area contributed by atoms with Crippen LogP contribution in [0.5, 0.6) is 0 Å². The molecular weight excluding hydrogens is 400 g/mol. The standard InChI is InChI=1S/C27H22N2O3/c30-15-16-12-13-29-21-11-4-3-9-20(21)23(22(29)14-16)25-24(26(31)28-27(25)32)19-10-5-7-17-6-1-2-8-18(17)19/h1-11,16,30H,12-15H2,(H,28,31,32). The fourth-order valence-electron chi connectivity index (χ4n) is 5.34. The van der Waals surface area contributed by atoms with E-state index in [9.17, 15) is 14.7 Å². The molecule has 1 aromatic heterocycles. The van der Waals surface area contributed by atoms with Crippen LogP contribution in [0.15, 0.2) is 66.7 Å². The van der Waals surface area contributed by atoms with Gasteiger partial charge in [0.25, 0.3) is 11.8 Å². The SMILES string of the molecule is O=C1NC(=O)C(c2c3n(c4ccccc24)CCC(CO)C3)=C1c1cccc2ccccc12. The first-order valence-electron chi connectivity index (χ1n) is 11.0. The van der Waals surface area contributed by atoms with Crippen molar-refractivity contribution in [3.8, 4) is 0 Å². The van der Waals surface area contributed by atoms with Crippen molar-refractivity contribution < 1.29 is 14.7 Å². The Kier molecular flexibility index (Phi) is 4.26. The summed E-state index contributed by atoms with van der Waals surface area (Å²) in [5.74, 6) is -0.574. The van der Waals surface area contributed by atoms with E-state index in [0.29, 0.717) is 17.6 Å². The molecule has 2 N–H and O–H groups in total. The number of benzene rings is 3. The van der Waals surface area contributed by atoms with Crippen molar-refractivity contribution in [3.63, 3.8) is 0 Å². The summed E-state index contributed by atoms with van der Waals surface area (Å²) in [6.07, 6.45) is 1.57. The van der Waals surface area contributed by atoms with Gasteiger partial charge in [0.2, 0.25) is 0 Å². The summed E-state index contributed by atoms with van der Waals surface area (Å²) < 4.78 is 2.25. The molecule has 32 heavy (non-hydrogen) atoms. The fourth-order valence-corrected chi connectivity index (χ4v) is 5.34. The van der Waals surface area contributed by atoms with Gasteiger partial charge < -0.3 is 9.67 Å². The Morgan fingerprint density at radius 1 is 0.875 bits per heavy atom. The molecular formula is C27H22N2O3. The quantitative estimate of drug-likeness (QED) is 0.492. The van der Waals surface area contributed by atoms with Gasteiger partial charge in [0.05, 0.1) is 11.1 Å². The number of aliphatic hydroxyl groups is 1. The van der Waals surface area contributed by atoms with Crippen molar-refractivity contribution in [3.05, 3.63) is 83.6 Å². The lowest BCUT2D eigenvalue weighted by atomic mass is 9.88. The van der Waals surface area contributed by atoms with Gasteiger partial charge in [-0.3, -0.25) is 14.9 Å². The van der Waals surface area contributed by atoms with Gasteiger partial charge >= 0.3 is 0 Å². The first-order valence-corrected chi connectivity index (χ1v) is 11.0. The Morgan fingerprint density at radius 3 is 2.44 bits per heavy atom. The summed E-state index contributed by atoms with van der Waals surface area (Å²) in [4.78, 5) is 26.4. The Hall–Kier alpha value is -3.70. The van der Waals surface area contributed by atoms with E-state index in [1.165, 1.54) is 0 Å². The molecule has 3 aromatic carbocycles. The summed E-state index contributed by atoms with van der Waals surface area (Å²) in [5.41, 5.74) is 4.54. The summed E-state index contributed by atoms with van der Waals surface area (Å²) in [6, 6.07) is 21.8. The van der Waals surface area contributed by atoms with Crippen LogP contribution in [-0.4, -0.2) is 28.1 Å². The van der Waals surface area contributed by atoms with Gasteiger partial charge in [-0.1, -0.05) is 60.7 Å². The minimum atomic E-state index is -0.361. The summed E-state index contributed by atoms with van der Waals surface area (Å²) in [5, 5.41) is 15.3. The number of nitrogens with one attached hydrogen (secondary N) is 1. The molecule has 3 heterocycles. The van der Waals surface area contributed by atoms with E-state index in [-0.39, 0.29) is 24.3 Å². The number of aliphatic hydroxyl groups excluding tert-OH is 1. The maximum absolute atomic E-state index is 13.2. The lowest BCUT2D eigenvalue weighted by Gasteiger charge is -2.24. The molecule has 0 radical (unpaired) electrons. The Labute approximate surface area is 185 Å². The van der Waals surface area contributed by atoms with Crippen LogP contribution in [0, 0.1) is 5.92 Å². The number of carbonyl (C=O) groups excluding carboxylic acids is 2. The number of hydrogen-bond acceptors (Lipinski definition) is 3. The molecule has 0 aliphatic carbocycles. The Balaban J connectivity index is 1.71. The van der Waals surface area contributed by atoms with E-state index < -0.39 is 0 Å². The molecule has 5 heteroatoms. The number of nitrogens with zero attached hydrogens (tertiary/aromatic N) is 1. The van der Waals surface area contributed by atoms with E-state index in [2.05, 4.69) is 16.0 Å². The van der Waals surface area contributed by atoms with Crippen molar-refractivity contribution in [2.24, 2.45) is 5.92 Å². The highest BCUT2D eigenvalue weighted by Crippen LogP contribution is 2.42. The fraction of sp³-hybridized carbons (Fsp3) is 0.185. The van der Waals surface area contributed by atoms with E-state index in [0.717, 1.165) is 51.5 Å². The van der Waals surface area contributed by atoms with Crippen molar-refractivity contribution in [1.82, 2.24) is 9.88 Å². The van der Waals surface area contributed by atoms with Gasteiger partial charge in [0, 0.05) is 35.3 Å². The molecule has 1 unspecified atom stereocenters. The molecule has 2 aliphatic rings. The van der Waals surface area contributed by atoms with Crippen LogP contribution in [0.2, 0.25) is 0 Å². The maximum Gasteiger partial charge on any atom is 0.259 e. The topological polar surface area (TPSA) is 71.3 Å². The highest BCUT2D eigenvalue weighted by atomic mass is 16.3. The third kappa shape index (κ3) is 2.68. The monoisotopic (exact) mass is 422 g/mol. The van der Waals surface area contributed by atoms with Gasteiger partial charge in [-0.2, -0.15) is 0 Å². The molecule has 0 bridgehead atoms. The zero-order chi connectivity index (χ0) is 21.8. The van der Waals surface area contributed by atoms with E-state index in [1.54, 1.807) is 0 Å². The minimum Gasteiger partial charge on any atom is -0.396 e. The molecule has 1 atom stereocenters. The summed E-state index contributed by atoms with van der Waals surface area (Å²) in [7, 11) is 0. The summed E-state index contributed by atoms with van der Waals surface area (Å²) >= 11 is 0. The molecule has 4 aromatic rings. The van der Waals surface area contributed by atoms with Crippen LogP contribution in [0.3, 0.4) is 0 Å². The molecule has 2 aliphatic heterocycles. The largest absolute Gasteiger partial charge is 0.396 e. The van der Waals surface area contributed by atoms with Crippen molar-refractivity contribution in [1.29, 1.82) is 0 Å². The van der Waals surface area contributed by atoms with Crippen molar-refractivity contribution in [2.45, 2.75) is 19.4 Å². The number of fused-ring (bicyclic) bond motifs is 4. The molecule has 5 nitrogen and oxygen atoms in total. The third-order valence-electron chi connectivity index (χ3n) is 6.82. The second kappa shape index (κ2) is 7.18. The average Bonchev–Trinajstić information content (AvgIpc) is 3.30. The van der Waals surface area contributed by atoms with Crippen molar-refractivity contribution in [2.75, 3.05) is 6.61 Å². The van der Waals surface area contributed by atoms with E-state index >= 15 is 0 Å². The molecule has 6 rings (SSSR count). The highest BCUT2D eigenvalue weighted by Gasteiger charge is 2.37. The number of aryl methyl sites for hydroxylation is 1. The van der Waals surface area contributed by atoms with Gasteiger partial charge in [0.15, 0.2) is 0 Å². The Morgan fingerprint density at radius 2 is 1.59 bits per heavy atom. The molecule has 2 amide bonds. The van der Waals surface area contributed by atoms with Gasteiger partial charge in [-0.25, -0.2) is 0 Å². The maximum atomic E-state index is 13.2. The molecule has 0 spiro atoms. The van der Waals surface area contributed by atoms with Crippen LogP contribution >= 0.6 is 0 Å². The first kappa shape index (κ1) is 19.0. The minimum absolute atomic E-state index is 0.112. The number of para-hydroxylation sites is 1. The lowest BCUT2D eigenvalue weighted by Crippen LogP contribution is -2.24. The number of hydrogen-bond donors (Lipinski definition) is 2. The van der Waals surface area contributed by atoms with Crippen molar-refractivity contribution >= 4 is 44.6 Å². The van der Waals surface area contributed by atoms with Gasteiger partial charge in [-0.15, -0.1) is 0 Å². The average molecular weight is 422 g/mol. The smallest absolute Gasteiger partial charge is 0.259 e. The molecule has 0 fully saturated rings. The second-order valence-electron chi connectivity index (χ2n) is 8.59. The van der Waals surface area contributed by atoms with Crippen LogP contribution in [0.25, 0.3) is 32.8 Å².